The van der Waals surface area contributed by atoms with E-state index < -0.39 is 17.3 Å². The number of aliphatic carboxylic acids is 1. The van der Waals surface area contributed by atoms with Gasteiger partial charge in [-0.15, -0.1) is 11.8 Å². The summed E-state index contributed by atoms with van der Waals surface area (Å²) in [6, 6.07) is 15.3. The zero-order valence-corrected chi connectivity index (χ0v) is 23.3. The van der Waals surface area contributed by atoms with Crippen LogP contribution in [0, 0.1) is 0 Å². The molecule has 0 heterocycles. The average Bonchev–Trinajstić information content (AvgIpc) is 2.85. The lowest BCUT2D eigenvalue weighted by molar-refractivity contribution is -0.138. The Morgan fingerprint density at radius 2 is 1.50 bits per heavy atom. The largest absolute Gasteiger partial charge is 0.480 e. The Kier molecular flexibility index (Phi) is 15.3. The van der Waals surface area contributed by atoms with Gasteiger partial charge in [-0.05, 0) is 61.4 Å². The van der Waals surface area contributed by atoms with E-state index in [1.165, 1.54) is 11.8 Å². The summed E-state index contributed by atoms with van der Waals surface area (Å²) in [4.78, 5) is 23.7. The van der Waals surface area contributed by atoms with Crippen LogP contribution >= 0.6 is 46.7 Å². The summed E-state index contributed by atoms with van der Waals surface area (Å²) in [7, 11) is 0. The van der Waals surface area contributed by atoms with Gasteiger partial charge in [0.1, 0.15) is 5.25 Å². The molecule has 2 rings (SSSR count). The maximum Gasteiger partial charge on any atom is 0.319 e. The van der Waals surface area contributed by atoms with Gasteiger partial charge in [-0.25, -0.2) is 0 Å². The fourth-order valence-corrected chi connectivity index (χ4v) is 5.94. The first-order valence-corrected chi connectivity index (χ1v) is 14.9. The van der Waals surface area contributed by atoms with Crippen LogP contribution in [0.15, 0.2) is 48.5 Å². The van der Waals surface area contributed by atoms with E-state index in [4.69, 9.17) is 23.2 Å². The van der Waals surface area contributed by atoms with Crippen LogP contribution in [0.5, 0.6) is 0 Å². The summed E-state index contributed by atoms with van der Waals surface area (Å²) < 4.78 is 0. The van der Waals surface area contributed by atoms with E-state index >= 15 is 0 Å². The van der Waals surface area contributed by atoms with Gasteiger partial charge < -0.3 is 20.8 Å². The van der Waals surface area contributed by atoms with Crippen molar-refractivity contribution in [1.29, 1.82) is 0 Å². The van der Waals surface area contributed by atoms with E-state index in [2.05, 4.69) is 10.6 Å². The van der Waals surface area contributed by atoms with E-state index in [1.807, 2.05) is 48.5 Å². The third-order valence-electron chi connectivity index (χ3n) is 5.35. The Balaban J connectivity index is 1.54. The van der Waals surface area contributed by atoms with Crippen molar-refractivity contribution >= 4 is 58.6 Å². The van der Waals surface area contributed by atoms with Crippen molar-refractivity contribution in [3.63, 3.8) is 0 Å². The van der Waals surface area contributed by atoms with Gasteiger partial charge in [-0.2, -0.15) is 11.8 Å². The van der Waals surface area contributed by atoms with Crippen molar-refractivity contribution in [2.45, 2.75) is 37.0 Å². The zero-order chi connectivity index (χ0) is 26.2. The number of hydrogen-bond acceptors (Lipinski definition) is 6. The molecule has 0 saturated carbocycles. The highest BCUT2D eigenvalue weighted by Crippen LogP contribution is 2.20. The minimum atomic E-state index is -1.06. The minimum Gasteiger partial charge on any atom is -0.480 e. The number of carbonyl (C=O) groups excluding carboxylic acids is 1. The molecule has 36 heavy (non-hydrogen) atoms. The number of carboxylic acid groups (broad SMARTS) is 1. The van der Waals surface area contributed by atoms with E-state index in [0.717, 1.165) is 59.6 Å². The lowest BCUT2D eigenvalue weighted by atomic mass is 10.1. The normalized spacial score (nSPS) is 12.8. The van der Waals surface area contributed by atoms with E-state index in [1.54, 1.807) is 0 Å². The number of rotatable bonds is 18. The van der Waals surface area contributed by atoms with Gasteiger partial charge in [0.05, 0.1) is 6.10 Å². The molecule has 4 N–H and O–H groups in total. The lowest BCUT2D eigenvalue weighted by Crippen LogP contribution is -2.34. The molecular formula is C26H34Cl2N2O4S2. The molecule has 0 spiro atoms. The molecule has 0 aliphatic rings. The van der Waals surface area contributed by atoms with Crippen LogP contribution in [0.1, 0.15) is 24.0 Å². The molecule has 2 aromatic carbocycles. The fourth-order valence-electron chi connectivity index (χ4n) is 3.39. The number of aliphatic hydroxyl groups excluding tert-OH is 1. The predicted molar refractivity (Wildman–Crippen MR) is 153 cm³/mol. The van der Waals surface area contributed by atoms with E-state index in [0.29, 0.717) is 29.5 Å². The quantitative estimate of drug-likeness (QED) is 0.194. The highest BCUT2D eigenvalue weighted by Gasteiger charge is 2.27. The standard InChI is InChI=1S/C26H34Cl2N2O4S2/c27-21-8-3-1-6-19(21)10-14-29-13-5-16-35-18-23(31)25(26(33)34)36-17-12-24(32)30-15-11-20-7-2-4-9-22(20)28/h1-4,6-9,23,25,29,31H,5,10-18H2,(H,30,32)(H,33,34). The Morgan fingerprint density at radius 1 is 0.889 bits per heavy atom. The SMILES string of the molecule is O=C(CCSC(C(=O)O)C(O)CSCCCNCCc1ccccc1Cl)NCCc1ccccc1Cl. The maximum atomic E-state index is 12.1. The molecule has 2 atom stereocenters. The summed E-state index contributed by atoms with van der Waals surface area (Å²) in [5, 5.41) is 26.6. The van der Waals surface area contributed by atoms with Crippen LogP contribution < -0.4 is 10.6 Å². The molecule has 198 valence electrons. The monoisotopic (exact) mass is 572 g/mol. The molecular weight excluding hydrogens is 539 g/mol. The molecule has 0 aromatic heterocycles. The molecule has 2 aromatic rings. The Morgan fingerprint density at radius 3 is 2.11 bits per heavy atom. The third kappa shape index (κ3) is 12.2. The highest BCUT2D eigenvalue weighted by atomic mass is 35.5. The topological polar surface area (TPSA) is 98.7 Å². The molecule has 0 fully saturated rings. The van der Waals surface area contributed by atoms with E-state index in [9.17, 15) is 19.8 Å². The van der Waals surface area contributed by atoms with Crippen molar-refractivity contribution in [2.24, 2.45) is 0 Å². The van der Waals surface area contributed by atoms with Crippen LogP contribution in [0.3, 0.4) is 0 Å². The molecule has 0 aliphatic carbocycles. The summed E-state index contributed by atoms with van der Waals surface area (Å²) in [5.74, 6) is 0.277. The van der Waals surface area contributed by atoms with Crippen molar-refractivity contribution in [1.82, 2.24) is 10.6 Å². The third-order valence-corrected chi connectivity index (χ3v) is 8.56. The van der Waals surface area contributed by atoms with Gasteiger partial charge in [0, 0.05) is 34.5 Å². The first kappa shape index (κ1) is 30.8. The van der Waals surface area contributed by atoms with Crippen LogP contribution in [-0.2, 0) is 22.4 Å². The second kappa shape index (κ2) is 17.9. The number of halogens is 2. The lowest BCUT2D eigenvalue weighted by Gasteiger charge is -2.18. The van der Waals surface area contributed by atoms with Crippen LogP contribution in [-0.4, -0.2) is 70.3 Å². The number of thioether (sulfide) groups is 2. The zero-order valence-electron chi connectivity index (χ0n) is 20.1. The van der Waals surface area contributed by atoms with Gasteiger partial charge in [0.15, 0.2) is 0 Å². The number of hydrogen-bond donors (Lipinski definition) is 4. The maximum absolute atomic E-state index is 12.1. The Bertz CT molecular complexity index is 952. The van der Waals surface area contributed by atoms with Crippen LogP contribution in [0.2, 0.25) is 10.0 Å². The molecule has 0 aliphatic heterocycles. The number of carboxylic acids is 1. The van der Waals surface area contributed by atoms with Crippen molar-refractivity contribution in [3.05, 3.63) is 69.7 Å². The molecule has 6 nitrogen and oxygen atoms in total. The van der Waals surface area contributed by atoms with Crippen LogP contribution in [0.4, 0.5) is 0 Å². The first-order chi connectivity index (χ1) is 17.4. The molecule has 0 radical (unpaired) electrons. The van der Waals surface area contributed by atoms with Gasteiger partial charge >= 0.3 is 5.97 Å². The molecule has 1 amide bonds. The van der Waals surface area contributed by atoms with Crippen LogP contribution in [0.25, 0.3) is 0 Å². The predicted octanol–water partition coefficient (Wildman–Crippen LogP) is 4.55. The summed E-state index contributed by atoms with van der Waals surface area (Å²) >= 11 is 14.9. The average molecular weight is 574 g/mol. The first-order valence-electron chi connectivity index (χ1n) is 11.9. The van der Waals surface area contributed by atoms with Crippen molar-refractivity contribution in [2.75, 3.05) is 36.9 Å². The smallest absolute Gasteiger partial charge is 0.319 e. The molecule has 2 unspecified atom stereocenters. The molecule has 0 bridgehead atoms. The van der Waals surface area contributed by atoms with Gasteiger partial charge in [-0.1, -0.05) is 59.6 Å². The van der Waals surface area contributed by atoms with E-state index in [-0.39, 0.29) is 12.3 Å². The second-order valence-electron chi connectivity index (χ2n) is 8.16. The van der Waals surface area contributed by atoms with Gasteiger partial charge in [-0.3, -0.25) is 9.59 Å². The number of aliphatic hydroxyl groups is 1. The summed E-state index contributed by atoms with van der Waals surface area (Å²) in [6.07, 6.45) is 1.62. The Labute approximate surface area is 231 Å². The number of carbonyl (C=O) groups is 2. The fraction of sp³-hybridized carbons (Fsp3) is 0.462. The van der Waals surface area contributed by atoms with Gasteiger partial charge in [0.25, 0.3) is 0 Å². The minimum absolute atomic E-state index is 0.149. The second-order valence-corrected chi connectivity index (χ2v) is 11.4. The number of amides is 1. The summed E-state index contributed by atoms with van der Waals surface area (Å²) in [6.45, 7) is 2.14. The molecule has 0 saturated heterocycles. The molecule has 10 heteroatoms. The van der Waals surface area contributed by atoms with Gasteiger partial charge in [0.2, 0.25) is 5.91 Å². The number of benzene rings is 2. The number of nitrogens with one attached hydrogen (secondary N) is 2. The highest BCUT2D eigenvalue weighted by molar-refractivity contribution is 8.01. The Hall–Kier alpha value is -1.42. The summed E-state index contributed by atoms with van der Waals surface area (Å²) in [5.41, 5.74) is 2.09. The van der Waals surface area contributed by atoms with Crippen molar-refractivity contribution < 1.29 is 19.8 Å². The van der Waals surface area contributed by atoms with Crippen molar-refractivity contribution in [3.8, 4) is 0 Å².